The number of aliphatic hydroxyl groups excluding tert-OH is 1. The first-order chi connectivity index (χ1) is 13.7. The fraction of sp³-hybridized carbons (Fsp3) is 0.273. The topological polar surface area (TPSA) is 78.9 Å². The highest BCUT2D eigenvalue weighted by molar-refractivity contribution is 5.96. The van der Waals surface area contributed by atoms with Crippen LogP contribution < -0.4 is 5.32 Å². The highest BCUT2D eigenvalue weighted by Gasteiger charge is 2.20. The van der Waals surface area contributed by atoms with Gasteiger partial charge in [0.15, 0.2) is 6.61 Å². The third-order valence-corrected chi connectivity index (χ3v) is 4.61. The van der Waals surface area contributed by atoms with Gasteiger partial charge in [-0.25, -0.2) is 4.79 Å². The second-order valence-corrected chi connectivity index (χ2v) is 6.46. The van der Waals surface area contributed by atoms with Gasteiger partial charge in [0.25, 0.3) is 5.91 Å². The molecule has 0 atom stereocenters. The number of aliphatic hydroxyl groups is 1. The molecule has 1 aliphatic heterocycles. The molecule has 0 radical (unpaired) electrons. The van der Waals surface area contributed by atoms with E-state index in [9.17, 15) is 9.59 Å². The SMILES string of the molecule is O=C(OCC(=O)N1CC=C(c2ccccc2)CC1)c1ccccc1NCCO. The largest absolute Gasteiger partial charge is 0.452 e. The number of hydrogen-bond donors (Lipinski definition) is 2. The van der Waals surface area contributed by atoms with Gasteiger partial charge in [0.05, 0.1) is 12.2 Å². The second-order valence-electron chi connectivity index (χ2n) is 6.46. The minimum absolute atomic E-state index is 0.0463. The molecule has 1 amide bonds. The van der Waals surface area contributed by atoms with Crippen LogP contribution in [0.4, 0.5) is 5.69 Å². The van der Waals surface area contributed by atoms with E-state index in [0.29, 0.717) is 30.9 Å². The summed E-state index contributed by atoms with van der Waals surface area (Å²) in [5.41, 5.74) is 3.31. The Kier molecular flexibility index (Phi) is 6.81. The zero-order chi connectivity index (χ0) is 19.8. The number of carbonyl (C=O) groups excluding carboxylic acids is 2. The summed E-state index contributed by atoms with van der Waals surface area (Å²) in [4.78, 5) is 26.4. The molecule has 0 saturated heterocycles. The Morgan fingerprint density at radius 3 is 2.54 bits per heavy atom. The molecular formula is C22H24N2O4. The fourth-order valence-electron chi connectivity index (χ4n) is 3.11. The summed E-state index contributed by atoms with van der Waals surface area (Å²) in [6, 6.07) is 17.0. The summed E-state index contributed by atoms with van der Waals surface area (Å²) in [6.45, 7) is 1.10. The van der Waals surface area contributed by atoms with E-state index in [2.05, 4.69) is 17.4 Å². The van der Waals surface area contributed by atoms with Gasteiger partial charge in [-0.1, -0.05) is 48.5 Å². The summed E-state index contributed by atoms with van der Waals surface area (Å²) in [5, 5.41) is 11.9. The minimum Gasteiger partial charge on any atom is -0.452 e. The maximum atomic E-state index is 12.4. The molecule has 0 aliphatic carbocycles. The number of carbonyl (C=O) groups is 2. The van der Waals surface area contributed by atoms with E-state index in [1.807, 2.05) is 24.3 Å². The van der Waals surface area contributed by atoms with Crippen molar-refractivity contribution < 1.29 is 19.4 Å². The number of rotatable bonds is 7. The van der Waals surface area contributed by atoms with Crippen molar-refractivity contribution in [1.82, 2.24) is 4.90 Å². The molecule has 0 saturated carbocycles. The fourth-order valence-corrected chi connectivity index (χ4v) is 3.11. The van der Waals surface area contributed by atoms with Crippen LogP contribution >= 0.6 is 0 Å². The predicted molar refractivity (Wildman–Crippen MR) is 108 cm³/mol. The molecule has 0 aromatic heterocycles. The van der Waals surface area contributed by atoms with Crippen molar-refractivity contribution in [3.63, 3.8) is 0 Å². The lowest BCUT2D eigenvalue weighted by molar-refractivity contribution is -0.134. The average Bonchev–Trinajstić information content (AvgIpc) is 2.76. The first-order valence-electron chi connectivity index (χ1n) is 9.32. The van der Waals surface area contributed by atoms with Crippen LogP contribution in [-0.4, -0.2) is 54.7 Å². The third-order valence-electron chi connectivity index (χ3n) is 4.61. The van der Waals surface area contributed by atoms with Crippen molar-refractivity contribution in [3.05, 3.63) is 71.8 Å². The van der Waals surface area contributed by atoms with E-state index in [1.165, 1.54) is 11.1 Å². The summed E-state index contributed by atoms with van der Waals surface area (Å²) in [7, 11) is 0. The number of esters is 1. The lowest BCUT2D eigenvalue weighted by atomic mass is 10.00. The number of amides is 1. The zero-order valence-corrected chi connectivity index (χ0v) is 15.6. The van der Waals surface area contributed by atoms with Crippen LogP contribution in [0.25, 0.3) is 5.57 Å². The molecule has 0 unspecified atom stereocenters. The predicted octanol–water partition coefficient (Wildman–Crippen LogP) is 2.56. The lowest BCUT2D eigenvalue weighted by Crippen LogP contribution is -2.37. The molecule has 0 bridgehead atoms. The number of anilines is 1. The number of benzene rings is 2. The molecule has 6 nitrogen and oxygen atoms in total. The van der Waals surface area contributed by atoms with Crippen LogP contribution in [0.2, 0.25) is 0 Å². The van der Waals surface area contributed by atoms with Crippen molar-refractivity contribution in [3.8, 4) is 0 Å². The quantitative estimate of drug-likeness (QED) is 0.722. The highest BCUT2D eigenvalue weighted by Crippen LogP contribution is 2.22. The Morgan fingerprint density at radius 1 is 1.07 bits per heavy atom. The molecule has 2 aromatic carbocycles. The molecule has 1 aliphatic rings. The van der Waals surface area contributed by atoms with Gasteiger partial charge in [-0.05, 0) is 29.7 Å². The summed E-state index contributed by atoms with van der Waals surface area (Å²) < 4.78 is 5.22. The number of ether oxygens (including phenoxy) is 1. The molecular weight excluding hydrogens is 356 g/mol. The molecule has 0 fully saturated rings. The Morgan fingerprint density at radius 2 is 1.82 bits per heavy atom. The van der Waals surface area contributed by atoms with Gasteiger partial charge < -0.3 is 20.1 Å². The molecule has 0 spiro atoms. The molecule has 2 aromatic rings. The van der Waals surface area contributed by atoms with Gasteiger partial charge in [-0.15, -0.1) is 0 Å². The third kappa shape index (κ3) is 4.98. The summed E-state index contributed by atoms with van der Waals surface area (Å²) in [6.07, 6.45) is 2.82. The van der Waals surface area contributed by atoms with Gasteiger partial charge in [0, 0.05) is 25.3 Å². The standard InChI is InChI=1S/C22H24N2O4/c25-15-12-23-20-9-5-4-8-19(20)22(27)28-16-21(26)24-13-10-18(11-14-24)17-6-2-1-3-7-17/h1-10,23,25H,11-16H2. The van der Waals surface area contributed by atoms with E-state index >= 15 is 0 Å². The first kappa shape index (κ1) is 19.6. The molecule has 28 heavy (non-hydrogen) atoms. The van der Waals surface area contributed by atoms with Crippen LogP contribution in [-0.2, 0) is 9.53 Å². The van der Waals surface area contributed by atoms with Crippen LogP contribution in [0.1, 0.15) is 22.3 Å². The Labute approximate surface area is 164 Å². The van der Waals surface area contributed by atoms with Gasteiger partial charge in [-0.3, -0.25) is 4.79 Å². The molecule has 6 heteroatoms. The molecule has 146 valence electrons. The van der Waals surface area contributed by atoms with Crippen LogP contribution in [0, 0.1) is 0 Å². The number of nitrogens with one attached hydrogen (secondary N) is 1. The molecule has 1 heterocycles. The maximum absolute atomic E-state index is 12.4. The van der Waals surface area contributed by atoms with Crippen LogP contribution in [0.3, 0.4) is 0 Å². The van der Waals surface area contributed by atoms with Crippen molar-refractivity contribution in [2.24, 2.45) is 0 Å². The minimum atomic E-state index is -0.563. The highest BCUT2D eigenvalue weighted by atomic mass is 16.5. The number of hydrogen-bond acceptors (Lipinski definition) is 5. The van der Waals surface area contributed by atoms with Crippen molar-refractivity contribution in [2.45, 2.75) is 6.42 Å². The van der Waals surface area contributed by atoms with Gasteiger partial charge in [-0.2, -0.15) is 0 Å². The van der Waals surface area contributed by atoms with E-state index in [1.54, 1.807) is 29.2 Å². The van der Waals surface area contributed by atoms with E-state index in [-0.39, 0.29) is 19.1 Å². The van der Waals surface area contributed by atoms with E-state index in [0.717, 1.165) is 6.42 Å². The first-order valence-corrected chi connectivity index (χ1v) is 9.32. The second kappa shape index (κ2) is 9.71. The van der Waals surface area contributed by atoms with E-state index in [4.69, 9.17) is 9.84 Å². The van der Waals surface area contributed by atoms with Crippen LogP contribution in [0.15, 0.2) is 60.7 Å². The number of nitrogens with zero attached hydrogens (tertiary/aromatic N) is 1. The van der Waals surface area contributed by atoms with Gasteiger partial charge in [0.1, 0.15) is 0 Å². The Balaban J connectivity index is 1.54. The van der Waals surface area contributed by atoms with Crippen LogP contribution in [0.5, 0.6) is 0 Å². The monoisotopic (exact) mass is 380 g/mol. The Bertz CT molecular complexity index is 849. The molecule has 2 N–H and O–H groups in total. The maximum Gasteiger partial charge on any atom is 0.340 e. The smallest absolute Gasteiger partial charge is 0.340 e. The van der Waals surface area contributed by atoms with Gasteiger partial charge in [0.2, 0.25) is 0 Å². The molecule has 3 rings (SSSR count). The van der Waals surface area contributed by atoms with Crippen molar-refractivity contribution >= 4 is 23.1 Å². The normalized spacial score (nSPS) is 13.6. The van der Waals surface area contributed by atoms with Crippen molar-refractivity contribution in [1.29, 1.82) is 0 Å². The zero-order valence-electron chi connectivity index (χ0n) is 15.6. The summed E-state index contributed by atoms with van der Waals surface area (Å²) >= 11 is 0. The Hall–Kier alpha value is -3.12. The summed E-state index contributed by atoms with van der Waals surface area (Å²) in [5.74, 6) is -0.774. The van der Waals surface area contributed by atoms with Crippen molar-refractivity contribution in [2.75, 3.05) is 38.2 Å². The van der Waals surface area contributed by atoms with E-state index < -0.39 is 5.97 Å². The average molecular weight is 380 g/mol. The number of para-hydroxylation sites is 1. The van der Waals surface area contributed by atoms with Gasteiger partial charge >= 0.3 is 5.97 Å². The lowest BCUT2D eigenvalue weighted by Gasteiger charge is -2.26.